The molecule has 0 unspecified atom stereocenters. The summed E-state index contributed by atoms with van der Waals surface area (Å²) >= 11 is 3.38. The second-order valence-corrected chi connectivity index (χ2v) is 6.68. The molecule has 0 aliphatic heterocycles. The molecule has 0 radical (unpaired) electrons. The average Bonchev–Trinajstić information content (AvgIpc) is 2.98. The van der Waals surface area contributed by atoms with E-state index >= 15 is 0 Å². The number of rotatable bonds is 4. The fraction of sp³-hybridized carbons (Fsp3) is 0.294. The highest BCUT2D eigenvalue weighted by molar-refractivity contribution is 9.10. The maximum absolute atomic E-state index is 12.5. The van der Waals surface area contributed by atoms with Gasteiger partial charge >= 0.3 is 0 Å². The number of aromatic nitrogens is 1. The van der Waals surface area contributed by atoms with Crippen molar-refractivity contribution in [1.82, 2.24) is 9.88 Å². The molecular weight excluding hydrogens is 374 g/mol. The Hall–Kier alpha value is -2.12. The van der Waals surface area contributed by atoms with Gasteiger partial charge in [-0.15, -0.1) is 0 Å². The van der Waals surface area contributed by atoms with Crippen LogP contribution in [0.1, 0.15) is 27.5 Å². The Bertz CT molecular complexity index is 839. The Kier molecular flexibility index (Phi) is 4.73. The lowest BCUT2D eigenvalue weighted by atomic mass is 9.97. The van der Waals surface area contributed by atoms with Gasteiger partial charge in [-0.2, -0.15) is 0 Å². The molecule has 0 N–H and O–H groups in total. The Morgan fingerprint density at radius 3 is 2.83 bits per heavy atom. The topological polar surface area (TPSA) is 75.8 Å². The van der Waals surface area contributed by atoms with Crippen molar-refractivity contribution in [3.05, 3.63) is 40.2 Å². The smallest absolute Gasteiger partial charge is 0.229 e. The van der Waals surface area contributed by atoms with Gasteiger partial charge < -0.3 is 9.32 Å². The molecule has 0 saturated carbocycles. The summed E-state index contributed by atoms with van der Waals surface area (Å²) in [5.41, 5.74) is 1.01. The molecule has 0 bridgehead atoms. The summed E-state index contributed by atoms with van der Waals surface area (Å²) in [4.78, 5) is 35.3. The lowest BCUT2D eigenvalue weighted by Gasteiger charge is -2.10. The summed E-state index contributed by atoms with van der Waals surface area (Å²) in [5.74, 6) is -0.297. The Labute approximate surface area is 147 Å². The van der Waals surface area contributed by atoms with E-state index in [9.17, 15) is 9.59 Å². The third-order valence-electron chi connectivity index (χ3n) is 3.61. The lowest BCUT2D eigenvalue weighted by Crippen LogP contribution is -2.27. The van der Waals surface area contributed by atoms with E-state index in [1.807, 2.05) is 43.3 Å². The van der Waals surface area contributed by atoms with Crippen LogP contribution in [-0.2, 0) is 0 Å². The highest BCUT2D eigenvalue weighted by Gasteiger charge is 2.35. The van der Waals surface area contributed by atoms with Crippen LogP contribution >= 0.6 is 15.9 Å². The molecule has 1 aliphatic carbocycles. The van der Waals surface area contributed by atoms with Crippen molar-refractivity contribution >= 4 is 33.2 Å². The number of oxazole rings is 1. The molecule has 0 fully saturated rings. The van der Waals surface area contributed by atoms with Crippen LogP contribution in [0.15, 0.2) is 38.1 Å². The number of carbonyl (C=O) groups is 2. The average molecular weight is 390 g/mol. The monoisotopic (exact) mass is 389 g/mol. The molecule has 1 heterocycles. The molecule has 6 nitrogen and oxygen atoms in total. The van der Waals surface area contributed by atoms with Crippen molar-refractivity contribution < 1.29 is 14.0 Å². The van der Waals surface area contributed by atoms with Gasteiger partial charge in [-0.1, -0.05) is 22.0 Å². The predicted octanol–water partition coefficient (Wildman–Crippen LogP) is 2.88. The molecular formula is C17H16BrN3O3. The Balaban J connectivity index is 1.93. The van der Waals surface area contributed by atoms with Crippen LogP contribution in [0.5, 0.6) is 0 Å². The largest absolute Gasteiger partial charge is 0.432 e. The molecule has 1 aromatic carbocycles. The van der Waals surface area contributed by atoms with Gasteiger partial charge in [0.2, 0.25) is 23.2 Å². The zero-order valence-corrected chi connectivity index (χ0v) is 15.0. The maximum atomic E-state index is 12.5. The van der Waals surface area contributed by atoms with Gasteiger partial charge in [-0.3, -0.25) is 14.6 Å². The van der Waals surface area contributed by atoms with E-state index < -0.39 is 0 Å². The quantitative estimate of drug-likeness (QED) is 0.803. The number of carbonyl (C=O) groups excluding carboxylic acids is 2. The second kappa shape index (κ2) is 6.78. The van der Waals surface area contributed by atoms with Gasteiger partial charge in [-0.05, 0) is 32.3 Å². The first-order valence-electron chi connectivity index (χ1n) is 7.48. The van der Waals surface area contributed by atoms with Crippen LogP contribution in [-0.4, -0.2) is 54.3 Å². The first-order chi connectivity index (χ1) is 11.5. The van der Waals surface area contributed by atoms with Crippen LogP contribution < -0.4 is 0 Å². The van der Waals surface area contributed by atoms with Gasteiger partial charge in [0.05, 0.1) is 18.7 Å². The van der Waals surface area contributed by atoms with Crippen molar-refractivity contribution in [2.45, 2.75) is 6.42 Å². The van der Waals surface area contributed by atoms with Crippen molar-refractivity contribution in [3.63, 3.8) is 0 Å². The van der Waals surface area contributed by atoms with E-state index in [0.717, 1.165) is 4.47 Å². The van der Waals surface area contributed by atoms with Gasteiger partial charge in [0.1, 0.15) is 0 Å². The molecule has 0 amide bonds. The fourth-order valence-corrected chi connectivity index (χ4v) is 2.77. The highest BCUT2D eigenvalue weighted by Crippen LogP contribution is 2.28. The molecule has 24 heavy (non-hydrogen) atoms. The molecule has 2 aromatic rings. The minimum atomic E-state index is -0.326. The second-order valence-electron chi connectivity index (χ2n) is 5.77. The van der Waals surface area contributed by atoms with E-state index in [2.05, 4.69) is 25.9 Å². The maximum Gasteiger partial charge on any atom is 0.229 e. The number of hydrogen-bond donors (Lipinski definition) is 0. The minimum Gasteiger partial charge on any atom is -0.432 e. The normalized spacial score (nSPS) is 16.1. The molecule has 1 aliphatic rings. The lowest BCUT2D eigenvalue weighted by molar-refractivity contribution is 0.0940. The summed E-state index contributed by atoms with van der Waals surface area (Å²) < 4.78 is 6.42. The van der Waals surface area contributed by atoms with Crippen LogP contribution in [0.25, 0.3) is 11.5 Å². The highest BCUT2D eigenvalue weighted by atomic mass is 79.9. The van der Waals surface area contributed by atoms with Crippen molar-refractivity contribution in [2.24, 2.45) is 4.99 Å². The van der Waals surface area contributed by atoms with E-state index in [-0.39, 0.29) is 41.0 Å². The molecule has 0 saturated heterocycles. The van der Waals surface area contributed by atoms with Gasteiger partial charge in [0.15, 0.2) is 5.69 Å². The Morgan fingerprint density at radius 1 is 1.33 bits per heavy atom. The standard InChI is InChI=1S/C17H16BrN3O3/c1-21(2)7-6-19-12-9-13(22)16-14(15(12)23)20-17(24-16)10-4-3-5-11(18)8-10/h3-5,8H,6-7,9H2,1-2H3. The first kappa shape index (κ1) is 16.7. The summed E-state index contributed by atoms with van der Waals surface area (Å²) in [6.07, 6.45) is -0.0353. The van der Waals surface area contributed by atoms with Crippen LogP contribution in [0, 0.1) is 0 Å². The predicted molar refractivity (Wildman–Crippen MR) is 93.8 cm³/mol. The molecule has 124 valence electrons. The summed E-state index contributed by atoms with van der Waals surface area (Å²) in [6, 6.07) is 7.33. The van der Waals surface area contributed by atoms with Crippen LogP contribution in [0.4, 0.5) is 0 Å². The molecule has 7 heteroatoms. The molecule has 3 rings (SSSR count). The summed E-state index contributed by atoms with van der Waals surface area (Å²) in [6.45, 7) is 1.17. The number of likely N-dealkylation sites (N-methyl/N-ethyl adjacent to an activating group) is 1. The van der Waals surface area contributed by atoms with E-state index in [1.165, 1.54) is 0 Å². The van der Waals surface area contributed by atoms with Crippen molar-refractivity contribution in [2.75, 3.05) is 27.2 Å². The van der Waals surface area contributed by atoms with E-state index in [0.29, 0.717) is 18.7 Å². The SMILES string of the molecule is CN(C)CCN=C1CC(=O)c2oc(-c3cccc(Br)c3)nc2C1=O. The van der Waals surface area contributed by atoms with Crippen molar-refractivity contribution in [3.8, 4) is 11.5 Å². The van der Waals surface area contributed by atoms with Gasteiger partial charge in [-0.25, -0.2) is 4.98 Å². The number of Topliss-reactive ketones (excluding diaryl/α,β-unsaturated/α-hetero) is 2. The first-order valence-corrected chi connectivity index (χ1v) is 8.27. The third kappa shape index (κ3) is 3.37. The fourth-order valence-electron chi connectivity index (χ4n) is 2.37. The molecule has 0 atom stereocenters. The van der Waals surface area contributed by atoms with E-state index in [1.54, 1.807) is 0 Å². The summed E-state index contributed by atoms with van der Waals surface area (Å²) in [7, 11) is 3.85. The number of benzene rings is 1. The van der Waals surface area contributed by atoms with Gasteiger partial charge in [0.25, 0.3) is 0 Å². The number of aliphatic imine (C=N–C) groups is 1. The zero-order chi connectivity index (χ0) is 17.3. The molecule has 1 aromatic heterocycles. The van der Waals surface area contributed by atoms with Crippen LogP contribution in [0.2, 0.25) is 0 Å². The number of halogens is 1. The van der Waals surface area contributed by atoms with Crippen molar-refractivity contribution in [1.29, 1.82) is 0 Å². The minimum absolute atomic E-state index is 0.0292. The number of fused-ring (bicyclic) bond motifs is 1. The van der Waals surface area contributed by atoms with Gasteiger partial charge in [0, 0.05) is 16.6 Å². The number of nitrogens with zero attached hydrogens (tertiary/aromatic N) is 3. The summed E-state index contributed by atoms with van der Waals surface area (Å²) in [5, 5.41) is 0. The number of ketones is 2. The number of hydrogen-bond acceptors (Lipinski definition) is 6. The molecule has 0 spiro atoms. The van der Waals surface area contributed by atoms with Crippen LogP contribution in [0.3, 0.4) is 0 Å². The van der Waals surface area contributed by atoms with E-state index in [4.69, 9.17) is 4.42 Å². The zero-order valence-electron chi connectivity index (χ0n) is 13.4. The Morgan fingerprint density at radius 2 is 2.12 bits per heavy atom. The third-order valence-corrected chi connectivity index (χ3v) is 4.10.